The van der Waals surface area contributed by atoms with E-state index >= 15 is 0 Å². The van der Waals surface area contributed by atoms with Crippen molar-refractivity contribution >= 4 is 23.5 Å². The second kappa shape index (κ2) is 7.75. The van der Waals surface area contributed by atoms with Crippen molar-refractivity contribution in [2.75, 3.05) is 18.5 Å². The summed E-state index contributed by atoms with van der Waals surface area (Å²) < 4.78 is 15.5. The largest absolute Gasteiger partial charge is 0.459 e. The number of carbonyl (C=O) groups is 3. The van der Waals surface area contributed by atoms with E-state index in [4.69, 9.17) is 19.9 Å². The van der Waals surface area contributed by atoms with Crippen LogP contribution in [0.5, 0.6) is 0 Å². The van der Waals surface area contributed by atoms with Crippen LogP contribution in [0.4, 0.5) is 5.69 Å². The molecule has 2 aliphatic rings. The van der Waals surface area contributed by atoms with E-state index < -0.39 is 23.3 Å². The molecule has 0 saturated heterocycles. The number of rotatable bonds is 5. The molecule has 0 saturated carbocycles. The van der Waals surface area contributed by atoms with Crippen LogP contribution in [0, 0.1) is 11.3 Å². The molecule has 2 aliphatic heterocycles. The number of esters is 2. The van der Waals surface area contributed by atoms with E-state index in [0.29, 0.717) is 11.3 Å². The first-order valence-corrected chi connectivity index (χ1v) is 8.95. The number of benzene rings is 1. The van der Waals surface area contributed by atoms with Gasteiger partial charge in [-0.3, -0.25) is 4.79 Å². The highest BCUT2D eigenvalue weighted by atomic mass is 16.6. The van der Waals surface area contributed by atoms with Crippen molar-refractivity contribution in [3.05, 3.63) is 64.8 Å². The molecule has 154 valence electrons. The lowest BCUT2D eigenvalue weighted by Gasteiger charge is -2.33. The number of fused-ring (bicyclic) bond motifs is 2. The number of nitrogens with two attached hydrogens (primary N) is 1. The fourth-order valence-electron chi connectivity index (χ4n) is 3.49. The molecule has 0 fully saturated rings. The Balaban J connectivity index is 1.99. The molecular formula is C21H19N3O6. The number of amides is 1. The second-order valence-electron chi connectivity index (χ2n) is 6.69. The number of nitrogens with one attached hydrogen (secondary N) is 1. The van der Waals surface area contributed by atoms with Crippen molar-refractivity contribution in [3.63, 3.8) is 0 Å². The number of hydrogen-bond acceptors (Lipinski definition) is 8. The highest BCUT2D eigenvalue weighted by Gasteiger charge is 2.59. The molecule has 2 heterocycles. The topological polar surface area (TPSA) is 141 Å². The van der Waals surface area contributed by atoms with Gasteiger partial charge in [0.15, 0.2) is 5.41 Å². The van der Waals surface area contributed by atoms with Gasteiger partial charge in [0, 0.05) is 16.8 Å². The van der Waals surface area contributed by atoms with Gasteiger partial charge in [0.1, 0.15) is 36.2 Å². The molecule has 0 aromatic heterocycles. The zero-order chi connectivity index (χ0) is 22.1. The molecule has 0 unspecified atom stereocenters. The highest BCUT2D eigenvalue weighted by molar-refractivity contribution is 6.17. The molecule has 1 aromatic rings. The average molecular weight is 409 g/mol. The molecular weight excluding hydrogens is 390 g/mol. The minimum absolute atomic E-state index is 0.0299. The quantitative estimate of drug-likeness (QED) is 0.424. The summed E-state index contributed by atoms with van der Waals surface area (Å²) in [6.07, 6.45) is 0. The number of nitriles is 1. The summed E-state index contributed by atoms with van der Waals surface area (Å²) in [6, 6.07) is 8.57. The lowest BCUT2D eigenvalue weighted by Crippen LogP contribution is -2.45. The molecule has 1 amide bonds. The van der Waals surface area contributed by atoms with Gasteiger partial charge in [0.2, 0.25) is 11.8 Å². The van der Waals surface area contributed by atoms with Gasteiger partial charge in [0.05, 0.1) is 0 Å². The van der Waals surface area contributed by atoms with Gasteiger partial charge in [0.25, 0.3) is 0 Å². The molecule has 30 heavy (non-hydrogen) atoms. The lowest BCUT2D eigenvalue weighted by atomic mass is 9.68. The summed E-state index contributed by atoms with van der Waals surface area (Å²) in [5.41, 5.74) is 4.76. The molecule has 3 N–H and O–H groups in total. The van der Waals surface area contributed by atoms with E-state index in [2.05, 4.69) is 11.9 Å². The summed E-state index contributed by atoms with van der Waals surface area (Å²) in [4.78, 5) is 37.6. The SMILES string of the molecule is C=C(C)C(=O)OCCOC(=O)C1=C(C)OC(N)=C(C#N)[C@@]12C(=O)Nc1ccccc12. The third-order valence-electron chi connectivity index (χ3n) is 4.75. The van der Waals surface area contributed by atoms with Gasteiger partial charge >= 0.3 is 11.9 Å². The van der Waals surface area contributed by atoms with Gasteiger partial charge in [-0.1, -0.05) is 24.8 Å². The molecule has 1 spiro atoms. The third-order valence-corrected chi connectivity index (χ3v) is 4.75. The number of nitrogens with zero attached hydrogens (tertiary/aromatic N) is 1. The molecule has 3 rings (SSSR count). The van der Waals surface area contributed by atoms with Crippen molar-refractivity contribution in [2.24, 2.45) is 5.73 Å². The number of carbonyl (C=O) groups excluding carboxylic acids is 3. The van der Waals surface area contributed by atoms with E-state index in [9.17, 15) is 19.6 Å². The first-order valence-electron chi connectivity index (χ1n) is 8.95. The third kappa shape index (κ3) is 3.08. The number of allylic oxidation sites excluding steroid dienone is 1. The van der Waals surface area contributed by atoms with Crippen molar-refractivity contribution in [3.8, 4) is 6.07 Å². The fourth-order valence-corrected chi connectivity index (χ4v) is 3.49. The second-order valence-corrected chi connectivity index (χ2v) is 6.69. The summed E-state index contributed by atoms with van der Waals surface area (Å²) in [5.74, 6) is -2.38. The maximum absolute atomic E-state index is 13.1. The molecule has 9 nitrogen and oxygen atoms in total. The van der Waals surface area contributed by atoms with Gasteiger partial charge in [-0.15, -0.1) is 0 Å². The van der Waals surface area contributed by atoms with Gasteiger partial charge in [-0.05, 0) is 19.9 Å². The molecule has 1 atom stereocenters. The Hall–Kier alpha value is -4.06. The van der Waals surface area contributed by atoms with E-state index in [1.807, 2.05) is 6.07 Å². The van der Waals surface area contributed by atoms with E-state index in [1.165, 1.54) is 13.8 Å². The zero-order valence-corrected chi connectivity index (χ0v) is 16.4. The standard InChI is InChI=1S/C21H19N3O6/c1-11(2)18(25)28-8-9-29-19(26)16-12(3)30-17(23)14(10-22)21(16)13-6-4-5-7-15(13)24-20(21)27/h4-7H,1,8-9,23H2,2-3H3,(H,24,27)/t21-/m1/s1. The van der Waals surface area contributed by atoms with Crippen LogP contribution in [-0.4, -0.2) is 31.1 Å². The maximum atomic E-state index is 13.1. The van der Waals surface area contributed by atoms with Gasteiger partial charge in [-0.2, -0.15) is 5.26 Å². The van der Waals surface area contributed by atoms with Crippen molar-refractivity contribution in [1.82, 2.24) is 0 Å². The van der Waals surface area contributed by atoms with Crippen molar-refractivity contribution in [1.29, 1.82) is 5.26 Å². The van der Waals surface area contributed by atoms with Crippen molar-refractivity contribution in [2.45, 2.75) is 19.3 Å². The fraction of sp³-hybridized carbons (Fsp3) is 0.238. The minimum Gasteiger partial charge on any atom is -0.459 e. The Bertz CT molecular complexity index is 1080. The zero-order valence-electron chi connectivity index (χ0n) is 16.4. The Morgan fingerprint density at radius 1 is 1.30 bits per heavy atom. The van der Waals surface area contributed by atoms with Crippen LogP contribution >= 0.6 is 0 Å². The van der Waals surface area contributed by atoms with E-state index in [1.54, 1.807) is 24.3 Å². The van der Waals surface area contributed by atoms with Crippen molar-refractivity contribution < 1.29 is 28.6 Å². The number of anilines is 1. The Morgan fingerprint density at radius 2 is 1.97 bits per heavy atom. The summed E-state index contributed by atoms with van der Waals surface area (Å²) in [7, 11) is 0. The number of para-hydroxylation sites is 1. The smallest absolute Gasteiger partial charge is 0.339 e. The summed E-state index contributed by atoms with van der Waals surface area (Å²) in [5, 5.41) is 12.4. The molecule has 9 heteroatoms. The predicted octanol–water partition coefficient (Wildman–Crippen LogP) is 1.54. The van der Waals surface area contributed by atoms with Crippen LogP contribution in [0.1, 0.15) is 19.4 Å². The van der Waals surface area contributed by atoms with Gasteiger partial charge in [-0.25, -0.2) is 9.59 Å². The van der Waals surface area contributed by atoms with E-state index in [-0.39, 0.29) is 41.6 Å². The predicted molar refractivity (Wildman–Crippen MR) is 104 cm³/mol. The highest BCUT2D eigenvalue weighted by Crippen LogP contribution is 2.51. The Labute approximate surface area is 172 Å². The first kappa shape index (κ1) is 20.7. The normalized spacial score (nSPS) is 19.6. The van der Waals surface area contributed by atoms with Crippen LogP contribution in [0.25, 0.3) is 0 Å². The Morgan fingerprint density at radius 3 is 2.63 bits per heavy atom. The number of hydrogen-bond donors (Lipinski definition) is 2. The first-order chi connectivity index (χ1) is 14.2. The van der Waals surface area contributed by atoms with Crippen LogP contribution < -0.4 is 11.1 Å². The Kier molecular flexibility index (Phi) is 5.34. The van der Waals surface area contributed by atoms with Gasteiger partial charge < -0.3 is 25.3 Å². The molecule has 1 aromatic carbocycles. The molecule has 0 bridgehead atoms. The monoisotopic (exact) mass is 409 g/mol. The molecule has 0 radical (unpaired) electrons. The maximum Gasteiger partial charge on any atom is 0.339 e. The van der Waals surface area contributed by atoms with Crippen LogP contribution in [-0.2, 0) is 34.0 Å². The van der Waals surface area contributed by atoms with Crippen LogP contribution in [0.3, 0.4) is 0 Å². The summed E-state index contributed by atoms with van der Waals surface area (Å²) in [6.45, 7) is 5.92. The summed E-state index contributed by atoms with van der Waals surface area (Å²) >= 11 is 0. The van der Waals surface area contributed by atoms with E-state index in [0.717, 1.165) is 0 Å². The van der Waals surface area contributed by atoms with Crippen LogP contribution in [0.2, 0.25) is 0 Å². The number of ether oxygens (including phenoxy) is 3. The lowest BCUT2D eigenvalue weighted by molar-refractivity contribution is -0.148. The molecule has 0 aliphatic carbocycles. The average Bonchev–Trinajstić information content (AvgIpc) is 2.97. The minimum atomic E-state index is -1.80. The van der Waals surface area contributed by atoms with Crippen LogP contribution in [0.15, 0.2) is 59.2 Å².